The summed E-state index contributed by atoms with van der Waals surface area (Å²) in [4.78, 5) is -0.417. The predicted molar refractivity (Wildman–Crippen MR) is 47.5 cm³/mol. The molecule has 0 saturated carbocycles. The first-order valence-corrected chi connectivity index (χ1v) is 5.08. The Bertz CT molecular complexity index is 429. The van der Waals surface area contributed by atoms with E-state index in [1.54, 1.807) is 0 Å². The van der Waals surface area contributed by atoms with Crippen molar-refractivity contribution in [3.05, 3.63) is 18.2 Å². The van der Waals surface area contributed by atoms with Gasteiger partial charge in [0.2, 0.25) is 0 Å². The molecule has 1 rings (SSSR count). The monoisotopic (exact) mass is 240 g/mol. The van der Waals surface area contributed by atoms with Gasteiger partial charge in [-0.1, -0.05) is 0 Å². The molecule has 0 spiro atoms. The molecule has 5 nitrogen and oxygen atoms in total. The van der Waals surface area contributed by atoms with Crippen molar-refractivity contribution in [2.45, 2.75) is 4.90 Å². The maximum absolute atomic E-state index is 10.8. The molecule has 7 heteroatoms. The Morgan fingerprint density at radius 2 is 1.80 bits per heavy atom. The quantitative estimate of drug-likeness (QED) is 0.435. The maximum atomic E-state index is 10.8. The van der Waals surface area contributed by atoms with Crippen LogP contribution < -0.4 is 39.0 Å². The summed E-state index contributed by atoms with van der Waals surface area (Å²) in [7, 11) is -1.87. The molecule has 0 atom stereocenters. The third kappa shape index (κ3) is 3.66. The summed E-state index contributed by atoms with van der Waals surface area (Å²) < 4.78 is 41.9. The second kappa shape index (κ2) is 5.72. The maximum Gasteiger partial charge on any atom is 1.00 e. The topological polar surface area (TPSA) is 75.7 Å². The summed E-state index contributed by atoms with van der Waals surface area (Å²) in [5, 5.41) is 0. The Morgan fingerprint density at radius 1 is 1.20 bits per heavy atom. The fraction of sp³-hybridized carbons (Fsp3) is 0.250. The molecular weight excluding hydrogens is 231 g/mol. The number of hydrogen-bond donors (Lipinski definition) is 0. The summed E-state index contributed by atoms with van der Waals surface area (Å²) in [6.07, 6.45) is 0. The molecule has 0 aromatic heterocycles. The van der Waals surface area contributed by atoms with Crippen LogP contribution in [0.3, 0.4) is 0 Å². The smallest absolute Gasteiger partial charge is 0.744 e. The van der Waals surface area contributed by atoms with E-state index in [-0.39, 0.29) is 35.3 Å². The standard InChI is InChI=1S/C8H10O5S.Na/c1-12-6-3-4-7(13-2)8(5-6)14(9,10)11;/h3-5H,1-2H3,(H,9,10,11);/q;+1/p-1. The average molecular weight is 240 g/mol. The van der Waals surface area contributed by atoms with Crippen LogP contribution in [0.25, 0.3) is 0 Å². The summed E-state index contributed by atoms with van der Waals surface area (Å²) >= 11 is 0. The molecule has 0 aliphatic heterocycles. The molecule has 0 unspecified atom stereocenters. The van der Waals surface area contributed by atoms with E-state index in [0.29, 0.717) is 5.75 Å². The Labute approximate surface area is 110 Å². The van der Waals surface area contributed by atoms with Crippen LogP contribution in [0, 0.1) is 0 Å². The molecule has 0 fully saturated rings. The molecule has 0 saturated heterocycles. The van der Waals surface area contributed by atoms with E-state index in [2.05, 4.69) is 0 Å². The first-order chi connectivity index (χ1) is 6.49. The van der Waals surface area contributed by atoms with Crippen LogP contribution in [0.4, 0.5) is 0 Å². The Morgan fingerprint density at radius 3 is 2.20 bits per heavy atom. The molecule has 0 aliphatic carbocycles. The van der Waals surface area contributed by atoms with Crippen LogP contribution in [-0.2, 0) is 10.1 Å². The van der Waals surface area contributed by atoms with Crippen molar-refractivity contribution in [3.8, 4) is 11.5 Å². The van der Waals surface area contributed by atoms with Crippen molar-refractivity contribution in [3.63, 3.8) is 0 Å². The Hall–Kier alpha value is -0.270. The van der Waals surface area contributed by atoms with Crippen molar-refractivity contribution in [2.75, 3.05) is 14.2 Å². The number of methoxy groups -OCH3 is 2. The Balaban J connectivity index is 0.00000196. The molecule has 0 radical (unpaired) electrons. The number of benzene rings is 1. The summed E-state index contributed by atoms with van der Waals surface area (Å²) in [5.74, 6) is 0.307. The largest absolute Gasteiger partial charge is 1.00 e. The van der Waals surface area contributed by atoms with Gasteiger partial charge in [-0.2, -0.15) is 0 Å². The van der Waals surface area contributed by atoms with Gasteiger partial charge in [0.25, 0.3) is 0 Å². The Kier molecular flexibility index (Phi) is 5.61. The second-order valence-corrected chi connectivity index (χ2v) is 3.82. The second-order valence-electron chi connectivity index (χ2n) is 2.47. The van der Waals surface area contributed by atoms with Crippen LogP contribution >= 0.6 is 0 Å². The van der Waals surface area contributed by atoms with Crippen molar-refractivity contribution in [2.24, 2.45) is 0 Å². The van der Waals surface area contributed by atoms with E-state index in [9.17, 15) is 13.0 Å². The number of rotatable bonds is 3. The van der Waals surface area contributed by atoms with Crippen molar-refractivity contribution < 1.29 is 52.0 Å². The van der Waals surface area contributed by atoms with Crippen LogP contribution in [0.1, 0.15) is 0 Å². The zero-order valence-electron chi connectivity index (χ0n) is 8.68. The van der Waals surface area contributed by atoms with Crippen molar-refractivity contribution in [1.82, 2.24) is 0 Å². The molecule has 0 bridgehead atoms. The van der Waals surface area contributed by atoms with Crippen molar-refractivity contribution >= 4 is 10.1 Å². The fourth-order valence-electron chi connectivity index (χ4n) is 0.979. The van der Waals surface area contributed by atoms with Gasteiger partial charge in [-0.05, 0) is 12.1 Å². The van der Waals surface area contributed by atoms with Gasteiger partial charge in [-0.25, -0.2) is 8.42 Å². The van der Waals surface area contributed by atoms with Gasteiger partial charge in [-0.3, -0.25) is 0 Å². The number of ether oxygens (including phenoxy) is 2. The van der Waals surface area contributed by atoms with E-state index >= 15 is 0 Å². The molecular formula is C8H9NaO5S. The van der Waals surface area contributed by atoms with Crippen LogP contribution in [-0.4, -0.2) is 27.2 Å². The predicted octanol–water partition coefficient (Wildman–Crippen LogP) is -2.39. The van der Waals surface area contributed by atoms with E-state index in [1.807, 2.05) is 0 Å². The third-order valence-electron chi connectivity index (χ3n) is 1.64. The average Bonchev–Trinajstić information content (AvgIpc) is 2.15. The molecule has 1 aromatic carbocycles. The zero-order chi connectivity index (χ0) is 10.8. The molecule has 0 heterocycles. The van der Waals surface area contributed by atoms with Gasteiger partial charge in [0.1, 0.15) is 21.6 Å². The minimum atomic E-state index is -4.53. The minimum absolute atomic E-state index is 0. The van der Waals surface area contributed by atoms with Crippen molar-refractivity contribution in [1.29, 1.82) is 0 Å². The molecule has 1 aromatic rings. The minimum Gasteiger partial charge on any atom is -0.744 e. The van der Waals surface area contributed by atoms with E-state index in [1.165, 1.54) is 26.4 Å². The summed E-state index contributed by atoms with van der Waals surface area (Å²) in [6, 6.07) is 4.00. The SMILES string of the molecule is COc1ccc(OC)c(S(=O)(=O)[O-])c1.[Na+]. The molecule has 15 heavy (non-hydrogen) atoms. The van der Waals surface area contributed by atoms with E-state index < -0.39 is 15.0 Å². The van der Waals surface area contributed by atoms with Gasteiger partial charge in [0, 0.05) is 6.07 Å². The third-order valence-corrected chi connectivity index (χ3v) is 2.50. The summed E-state index contributed by atoms with van der Waals surface area (Å²) in [5.41, 5.74) is 0. The first kappa shape index (κ1) is 14.7. The molecule has 0 N–H and O–H groups in total. The van der Waals surface area contributed by atoms with Crippen LogP contribution in [0.5, 0.6) is 11.5 Å². The summed E-state index contributed by atoms with van der Waals surface area (Å²) in [6.45, 7) is 0. The zero-order valence-corrected chi connectivity index (χ0v) is 11.5. The van der Waals surface area contributed by atoms with Gasteiger partial charge in [-0.15, -0.1) is 0 Å². The van der Waals surface area contributed by atoms with Gasteiger partial charge in [0.05, 0.1) is 19.1 Å². The van der Waals surface area contributed by atoms with E-state index in [4.69, 9.17) is 9.47 Å². The van der Waals surface area contributed by atoms with Crippen LogP contribution in [0.2, 0.25) is 0 Å². The number of hydrogen-bond acceptors (Lipinski definition) is 5. The van der Waals surface area contributed by atoms with E-state index in [0.717, 1.165) is 6.07 Å². The molecule has 0 aliphatic rings. The molecule has 0 amide bonds. The van der Waals surface area contributed by atoms with Gasteiger partial charge < -0.3 is 14.0 Å². The first-order valence-electron chi connectivity index (χ1n) is 3.67. The van der Waals surface area contributed by atoms with Gasteiger partial charge >= 0.3 is 29.6 Å². The fourth-order valence-corrected chi connectivity index (χ4v) is 1.64. The van der Waals surface area contributed by atoms with Gasteiger partial charge in [0.15, 0.2) is 0 Å². The van der Waals surface area contributed by atoms with Crippen LogP contribution in [0.15, 0.2) is 23.1 Å². The molecule has 78 valence electrons. The normalized spacial score (nSPS) is 10.3.